The quantitative estimate of drug-likeness (QED) is 0.784. The molecule has 0 aliphatic heterocycles. The van der Waals surface area contributed by atoms with Crippen molar-refractivity contribution < 1.29 is 9.13 Å². The lowest BCUT2D eigenvalue weighted by Gasteiger charge is -2.06. The van der Waals surface area contributed by atoms with E-state index in [1.54, 1.807) is 12.1 Å². The van der Waals surface area contributed by atoms with Crippen molar-refractivity contribution in [1.29, 1.82) is 0 Å². The van der Waals surface area contributed by atoms with Gasteiger partial charge in [0, 0.05) is 5.69 Å². The molecule has 0 fully saturated rings. The number of methoxy groups -OCH3 is 1. The molecule has 0 spiro atoms. The van der Waals surface area contributed by atoms with Crippen molar-refractivity contribution in [2.24, 2.45) is 0 Å². The molecule has 0 saturated carbocycles. The average Bonchev–Trinajstić information content (AvgIpc) is 2.31. The second-order valence-corrected chi connectivity index (χ2v) is 3.47. The molecule has 2 rings (SSSR count). The van der Waals surface area contributed by atoms with E-state index in [0.29, 0.717) is 5.69 Å². The molecule has 0 bridgehead atoms. The summed E-state index contributed by atoms with van der Waals surface area (Å²) in [6.07, 6.45) is 0. The Hall–Kier alpha value is -2.03. The van der Waals surface area contributed by atoms with Crippen LogP contribution in [0, 0.1) is 5.82 Å². The number of ether oxygens (including phenoxy) is 1. The number of benzene rings is 2. The average molecular weight is 217 g/mol. The van der Waals surface area contributed by atoms with Crippen molar-refractivity contribution in [1.82, 2.24) is 0 Å². The van der Waals surface area contributed by atoms with Gasteiger partial charge in [-0.2, -0.15) is 0 Å². The highest BCUT2D eigenvalue weighted by atomic mass is 19.1. The first-order valence-corrected chi connectivity index (χ1v) is 4.90. The van der Waals surface area contributed by atoms with Gasteiger partial charge in [0.25, 0.3) is 0 Å². The van der Waals surface area contributed by atoms with Gasteiger partial charge in [0.15, 0.2) is 11.6 Å². The fourth-order valence-electron chi connectivity index (χ4n) is 1.51. The lowest BCUT2D eigenvalue weighted by atomic mass is 10.1. The zero-order valence-corrected chi connectivity index (χ0v) is 8.91. The number of nitrogens with two attached hydrogens (primary N) is 1. The van der Waals surface area contributed by atoms with E-state index in [1.807, 2.05) is 24.3 Å². The third kappa shape index (κ3) is 1.98. The highest BCUT2D eigenvalue weighted by Gasteiger charge is 2.04. The molecule has 0 radical (unpaired) electrons. The Bertz CT molecular complexity index is 494. The van der Waals surface area contributed by atoms with Gasteiger partial charge in [-0.05, 0) is 35.4 Å². The second kappa shape index (κ2) is 4.23. The summed E-state index contributed by atoms with van der Waals surface area (Å²) in [5, 5.41) is 0. The highest BCUT2D eigenvalue weighted by molar-refractivity contribution is 5.67. The maximum Gasteiger partial charge on any atom is 0.165 e. The zero-order valence-electron chi connectivity index (χ0n) is 8.91. The summed E-state index contributed by atoms with van der Waals surface area (Å²) in [5.41, 5.74) is 8.19. The van der Waals surface area contributed by atoms with Crippen LogP contribution in [-0.2, 0) is 0 Å². The normalized spacial score (nSPS) is 10.1. The van der Waals surface area contributed by atoms with Crippen LogP contribution >= 0.6 is 0 Å². The third-order valence-electron chi connectivity index (χ3n) is 2.40. The summed E-state index contributed by atoms with van der Waals surface area (Å²) in [7, 11) is 1.45. The largest absolute Gasteiger partial charge is 0.494 e. The van der Waals surface area contributed by atoms with E-state index in [-0.39, 0.29) is 11.6 Å². The minimum atomic E-state index is -0.360. The van der Waals surface area contributed by atoms with Gasteiger partial charge >= 0.3 is 0 Å². The van der Waals surface area contributed by atoms with E-state index in [2.05, 4.69) is 0 Å². The molecule has 2 aromatic rings. The van der Waals surface area contributed by atoms with Crippen molar-refractivity contribution in [3.8, 4) is 16.9 Å². The molecular formula is C13H12FNO. The van der Waals surface area contributed by atoms with E-state index >= 15 is 0 Å². The predicted molar refractivity (Wildman–Crippen MR) is 62.8 cm³/mol. The first kappa shape index (κ1) is 10.5. The van der Waals surface area contributed by atoms with Gasteiger partial charge in [-0.15, -0.1) is 0 Å². The summed E-state index contributed by atoms with van der Waals surface area (Å²) >= 11 is 0. The van der Waals surface area contributed by atoms with E-state index in [1.165, 1.54) is 13.2 Å². The van der Waals surface area contributed by atoms with Crippen molar-refractivity contribution in [2.75, 3.05) is 12.8 Å². The first-order chi connectivity index (χ1) is 7.70. The van der Waals surface area contributed by atoms with Crippen LogP contribution in [0.3, 0.4) is 0 Å². The van der Waals surface area contributed by atoms with Crippen LogP contribution < -0.4 is 10.5 Å². The number of hydrogen-bond acceptors (Lipinski definition) is 2. The molecule has 0 unspecified atom stereocenters. The van der Waals surface area contributed by atoms with Crippen LogP contribution in [-0.4, -0.2) is 7.11 Å². The van der Waals surface area contributed by atoms with Gasteiger partial charge in [-0.1, -0.05) is 18.2 Å². The van der Waals surface area contributed by atoms with E-state index in [4.69, 9.17) is 10.5 Å². The van der Waals surface area contributed by atoms with Crippen molar-refractivity contribution >= 4 is 5.69 Å². The number of nitrogen functional groups attached to an aromatic ring is 1. The number of rotatable bonds is 2. The van der Waals surface area contributed by atoms with Crippen LogP contribution in [0.2, 0.25) is 0 Å². The molecule has 2 N–H and O–H groups in total. The fraction of sp³-hybridized carbons (Fsp3) is 0.0769. The SMILES string of the molecule is COc1cc(-c2ccc(N)cc2)ccc1F. The van der Waals surface area contributed by atoms with Crippen LogP contribution in [0.4, 0.5) is 10.1 Å². The molecule has 0 heterocycles. The summed E-state index contributed by atoms with van der Waals surface area (Å²) in [4.78, 5) is 0. The number of halogens is 1. The molecule has 2 nitrogen and oxygen atoms in total. The van der Waals surface area contributed by atoms with Gasteiger partial charge in [-0.25, -0.2) is 4.39 Å². The van der Waals surface area contributed by atoms with Crippen LogP contribution in [0.15, 0.2) is 42.5 Å². The lowest BCUT2D eigenvalue weighted by Crippen LogP contribution is -1.89. The van der Waals surface area contributed by atoms with Crippen molar-refractivity contribution in [3.63, 3.8) is 0 Å². The minimum Gasteiger partial charge on any atom is -0.494 e. The predicted octanol–water partition coefficient (Wildman–Crippen LogP) is 3.08. The highest BCUT2D eigenvalue weighted by Crippen LogP contribution is 2.26. The van der Waals surface area contributed by atoms with Gasteiger partial charge in [0.05, 0.1) is 7.11 Å². The second-order valence-electron chi connectivity index (χ2n) is 3.47. The molecule has 3 heteroatoms. The molecule has 82 valence electrons. The molecule has 0 saturated heterocycles. The Kier molecular flexibility index (Phi) is 2.77. The molecular weight excluding hydrogens is 205 g/mol. The Labute approximate surface area is 93.5 Å². The Morgan fingerprint density at radius 2 is 1.62 bits per heavy atom. The lowest BCUT2D eigenvalue weighted by molar-refractivity contribution is 0.387. The van der Waals surface area contributed by atoms with Gasteiger partial charge in [0.2, 0.25) is 0 Å². The molecule has 0 aromatic heterocycles. The number of anilines is 1. The molecule has 0 amide bonds. The zero-order chi connectivity index (χ0) is 11.5. The maximum atomic E-state index is 13.2. The van der Waals surface area contributed by atoms with Crippen molar-refractivity contribution in [3.05, 3.63) is 48.3 Å². The maximum absolute atomic E-state index is 13.2. The van der Waals surface area contributed by atoms with E-state index < -0.39 is 0 Å². The molecule has 0 aliphatic carbocycles. The summed E-state index contributed by atoms with van der Waals surface area (Å²) in [6.45, 7) is 0. The smallest absolute Gasteiger partial charge is 0.165 e. The molecule has 16 heavy (non-hydrogen) atoms. The van der Waals surface area contributed by atoms with E-state index in [0.717, 1.165) is 11.1 Å². The summed E-state index contributed by atoms with van der Waals surface area (Å²) < 4.78 is 18.1. The Morgan fingerprint density at radius 1 is 1.00 bits per heavy atom. The van der Waals surface area contributed by atoms with Crippen LogP contribution in [0.5, 0.6) is 5.75 Å². The van der Waals surface area contributed by atoms with Crippen LogP contribution in [0.1, 0.15) is 0 Å². The minimum absolute atomic E-state index is 0.245. The third-order valence-corrected chi connectivity index (χ3v) is 2.40. The van der Waals surface area contributed by atoms with Gasteiger partial charge < -0.3 is 10.5 Å². The summed E-state index contributed by atoms with van der Waals surface area (Å²) in [6, 6.07) is 12.2. The first-order valence-electron chi connectivity index (χ1n) is 4.90. The van der Waals surface area contributed by atoms with Gasteiger partial charge in [0.1, 0.15) is 0 Å². The van der Waals surface area contributed by atoms with E-state index in [9.17, 15) is 4.39 Å². The summed E-state index contributed by atoms with van der Waals surface area (Å²) in [5.74, 6) is -0.115. The number of hydrogen-bond donors (Lipinski definition) is 1. The van der Waals surface area contributed by atoms with Gasteiger partial charge in [-0.3, -0.25) is 0 Å². The Balaban J connectivity index is 2.44. The molecule has 0 atom stereocenters. The fourth-order valence-corrected chi connectivity index (χ4v) is 1.51. The topological polar surface area (TPSA) is 35.2 Å². The monoisotopic (exact) mass is 217 g/mol. The van der Waals surface area contributed by atoms with Crippen molar-refractivity contribution in [2.45, 2.75) is 0 Å². The molecule has 0 aliphatic rings. The van der Waals surface area contributed by atoms with Crippen LogP contribution in [0.25, 0.3) is 11.1 Å². The standard InChI is InChI=1S/C13H12FNO/c1-16-13-8-10(4-7-12(13)14)9-2-5-11(15)6-3-9/h2-8H,15H2,1H3. The molecule has 2 aromatic carbocycles. The Morgan fingerprint density at radius 3 is 2.25 bits per heavy atom.